The molecule has 0 spiro atoms. The molecule has 1 aliphatic rings. The molecule has 1 heterocycles. The Labute approximate surface area is 130 Å². The van der Waals surface area contributed by atoms with Gasteiger partial charge in [-0.1, -0.05) is 25.1 Å². The number of anilines is 2. The molecule has 0 saturated heterocycles. The first-order chi connectivity index (χ1) is 10.7. The fourth-order valence-corrected chi connectivity index (χ4v) is 2.32. The topological polar surface area (TPSA) is 66.9 Å². The Morgan fingerprint density at radius 2 is 2.00 bits per heavy atom. The number of aromatic nitrogens is 2. The zero-order chi connectivity index (χ0) is 15.5. The number of aryl methyl sites for hydroxylation is 2. The lowest BCUT2D eigenvalue weighted by molar-refractivity contribution is 0.0950. The van der Waals surface area contributed by atoms with Crippen LogP contribution in [0.4, 0.5) is 11.6 Å². The minimum Gasteiger partial charge on any atom is -0.349 e. The van der Waals surface area contributed by atoms with Gasteiger partial charge < -0.3 is 10.6 Å². The number of para-hydroxylation sites is 1. The molecule has 0 unspecified atom stereocenters. The van der Waals surface area contributed by atoms with Crippen LogP contribution in [0.1, 0.15) is 41.3 Å². The highest BCUT2D eigenvalue weighted by molar-refractivity contribution is 5.94. The van der Waals surface area contributed by atoms with Crippen molar-refractivity contribution in [2.45, 2.75) is 39.2 Å². The summed E-state index contributed by atoms with van der Waals surface area (Å²) in [6.07, 6.45) is 6.21. The molecular formula is C17H20N4O. The van der Waals surface area contributed by atoms with E-state index < -0.39 is 0 Å². The second-order valence-electron chi connectivity index (χ2n) is 5.63. The Balaban J connectivity index is 1.74. The van der Waals surface area contributed by atoms with Crippen LogP contribution in [0.3, 0.4) is 0 Å². The van der Waals surface area contributed by atoms with Crippen LogP contribution >= 0.6 is 0 Å². The molecule has 2 N–H and O–H groups in total. The Morgan fingerprint density at radius 1 is 1.27 bits per heavy atom. The summed E-state index contributed by atoms with van der Waals surface area (Å²) in [5, 5.41) is 6.18. The van der Waals surface area contributed by atoms with Crippen LogP contribution in [-0.4, -0.2) is 21.9 Å². The molecule has 2 aromatic rings. The maximum atomic E-state index is 11.9. The van der Waals surface area contributed by atoms with Gasteiger partial charge in [0.1, 0.15) is 0 Å². The fraction of sp³-hybridized carbons (Fsp3) is 0.353. The average Bonchev–Trinajstić information content (AvgIpc) is 3.34. The lowest BCUT2D eigenvalue weighted by atomic mass is 10.1. The second kappa shape index (κ2) is 6.13. The van der Waals surface area contributed by atoms with Crippen molar-refractivity contribution in [1.29, 1.82) is 0 Å². The van der Waals surface area contributed by atoms with Crippen molar-refractivity contribution < 1.29 is 4.79 Å². The smallest absolute Gasteiger partial charge is 0.254 e. The van der Waals surface area contributed by atoms with Gasteiger partial charge in [-0.25, -0.2) is 9.97 Å². The number of benzene rings is 1. The first-order valence-corrected chi connectivity index (χ1v) is 7.65. The molecule has 22 heavy (non-hydrogen) atoms. The number of hydrogen-bond acceptors (Lipinski definition) is 4. The third-order valence-corrected chi connectivity index (χ3v) is 3.80. The predicted molar refractivity (Wildman–Crippen MR) is 86.4 cm³/mol. The summed E-state index contributed by atoms with van der Waals surface area (Å²) in [6.45, 7) is 4.17. The Kier molecular flexibility index (Phi) is 4.04. The van der Waals surface area contributed by atoms with Crippen molar-refractivity contribution in [3.05, 3.63) is 47.3 Å². The van der Waals surface area contributed by atoms with E-state index in [9.17, 15) is 4.79 Å². The van der Waals surface area contributed by atoms with Gasteiger partial charge in [0.15, 0.2) is 0 Å². The normalized spacial score (nSPS) is 13.7. The van der Waals surface area contributed by atoms with Crippen LogP contribution in [0.15, 0.2) is 30.6 Å². The van der Waals surface area contributed by atoms with Crippen molar-refractivity contribution in [3.63, 3.8) is 0 Å². The van der Waals surface area contributed by atoms with Gasteiger partial charge in [0.05, 0.1) is 5.56 Å². The molecule has 0 aliphatic heterocycles. The maximum absolute atomic E-state index is 11.9. The highest BCUT2D eigenvalue weighted by atomic mass is 16.1. The molecule has 5 nitrogen and oxygen atoms in total. The van der Waals surface area contributed by atoms with Crippen molar-refractivity contribution in [2.24, 2.45) is 0 Å². The summed E-state index contributed by atoms with van der Waals surface area (Å²) in [4.78, 5) is 20.4. The molecule has 114 valence electrons. The highest BCUT2D eigenvalue weighted by Crippen LogP contribution is 2.24. The van der Waals surface area contributed by atoms with Crippen LogP contribution in [0.5, 0.6) is 0 Å². The predicted octanol–water partition coefficient (Wildman–Crippen LogP) is 2.98. The molecule has 5 heteroatoms. The van der Waals surface area contributed by atoms with Gasteiger partial charge in [0.25, 0.3) is 5.91 Å². The Bertz CT molecular complexity index is 678. The van der Waals surface area contributed by atoms with E-state index in [1.54, 1.807) is 12.4 Å². The van der Waals surface area contributed by atoms with Crippen LogP contribution in [0.2, 0.25) is 0 Å². The Morgan fingerprint density at radius 3 is 2.64 bits per heavy atom. The van der Waals surface area contributed by atoms with Crippen molar-refractivity contribution >= 4 is 17.5 Å². The van der Waals surface area contributed by atoms with E-state index in [1.807, 2.05) is 6.07 Å². The number of rotatable bonds is 5. The van der Waals surface area contributed by atoms with Crippen LogP contribution in [0.25, 0.3) is 0 Å². The zero-order valence-electron chi connectivity index (χ0n) is 12.9. The van der Waals surface area contributed by atoms with Gasteiger partial charge in [0, 0.05) is 24.1 Å². The molecular weight excluding hydrogens is 276 g/mol. The number of hydrogen-bond donors (Lipinski definition) is 2. The molecule has 1 amide bonds. The van der Waals surface area contributed by atoms with Gasteiger partial charge in [-0.2, -0.15) is 0 Å². The van der Waals surface area contributed by atoms with E-state index >= 15 is 0 Å². The van der Waals surface area contributed by atoms with E-state index in [0.717, 1.165) is 30.5 Å². The monoisotopic (exact) mass is 296 g/mol. The van der Waals surface area contributed by atoms with Gasteiger partial charge in [-0.3, -0.25) is 4.79 Å². The van der Waals surface area contributed by atoms with Crippen molar-refractivity contribution in [2.75, 3.05) is 5.32 Å². The molecule has 1 aromatic heterocycles. The number of nitrogens with one attached hydrogen (secondary N) is 2. The summed E-state index contributed by atoms with van der Waals surface area (Å²) in [6, 6.07) is 6.53. The van der Waals surface area contributed by atoms with Gasteiger partial charge in [0.2, 0.25) is 5.95 Å². The summed E-state index contributed by atoms with van der Waals surface area (Å²) < 4.78 is 0. The number of amides is 1. The summed E-state index contributed by atoms with van der Waals surface area (Å²) in [5.41, 5.74) is 3.91. The lowest BCUT2D eigenvalue weighted by Crippen LogP contribution is -2.25. The number of carbonyl (C=O) groups is 1. The standard InChI is InChI=1S/C17H20N4O/c1-3-12-6-4-5-11(2)15(12)21-17-18-9-13(10-19-17)16(22)20-14-7-8-14/h4-6,9-10,14H,3,7-8H2,1-2H3,(H,20,22)(H,18,19,21). The zero-order valence-corrected chi connectivity index (χ0v) is 12.9. The van der Waals surface area contributed by atoms with E-state index in [4.69, 9.17) is 0 Å². The molecule has 1 aromatic carbocycles. The molecule has 3 rings (SSSR count). The first-order valence-electron chi connectivity index (χ1n) is 7.65. The largest absolute Gasteiger partial charge is 0.349 e. The third kappa shape index (κ3) is 3.24. The van der Waals surface area contributed by atoms with Gasteiger partial charge >= 0.3 is 0 Å². The SMILES string of the molecule is CCc1cccc(C)c1Nc1ncc(C(=O)NC2CC2)cn1. The van der Waals surface area contributed by atoms with Gasteiger partial charge in [-0.05, 0) is 37.3 Å². The molecule has 1 aliphatic carbocycles. The van der Waals surface area contributed by atoms with E-state index in [1.165, 1.54) is 5.56 Å². The molecule has 1 fully saturated rings. The molecule has 1 saturated carbocycles. The second-order valence-corrected chi connectivity index (χ2v) is 5.63. The maximum Gasteiger partial charge on any atom is 0.254 e. The molecule has 0 atom stereocenters. The first kappa shape index (κ1) is 14.5. The minimum atomic E-state index is -0.0980. The van der Waals surface area contributed by atoms with Crippen LogP contribution in [0, 0.1) is 6.92 Å². The molecule has 0 bridgehead atoms. The highest BCUT2D eigenvalue weighted by Gasteiger charge is 2.24. The van der Waals surface area contributed by atoms with Crippen molar-refractivity contribution in [3.8, 4) is 0 Å². The minimum absolute atomic E-state index is 0.0980. The summed E-state index contributed by atoms with van der Waals surface area (Å²) >= 11 is 0. The average molecular weight is 296 g/mol. The summed E-state index contributed by atoms with van der Waals surface area (Å²) in [7, 11) is 0. The van der Waals surface area contributed by atoms with Crippen LogP contribution in [-0.2, 0) is 6.42 Å². The van der Waals surface area contributed by atoms with E-state index in [-0.39, 0.29) is 5.91 Å². The fourth-order valence-electron chi connectivity index (χ4n) is 2.32. The molecule has 0 radical (unpaired) electrons. The quantitative estimate of drug-likeness (QED) is 0.890. The summed E-state index contributed by atoms with van der Waals surface area (Å²) in [5.74, 6) is 0.408. The van der Waals surface area contributed by atoms with Crippen molar-refractivity contribution in [1.82, 2.24) is 15.3 Å². The third-order valence-electron chi connectivity index (χ3n) is 3.80. The lowest BCUT2D eigenvalue weighted by Gasteiger charge is -2.12. The van der Waals surface area contributed by atoms with Crippen LogP contribution < -0.4 is 10.6 Å². The number of carbonyl (C=O) groups excluding carboxylic acids is 1. The van der Waals surface area contributed by atoms with E-state index in [0.29, 0.717) is 17.6 Å². The number of nitrogens with zero attached hydrogens (tertiary/aromatic N) is 2. The van der Waals surface area contributed by atoms with Gasteiger partial charge in [-0.15, -0.1) is 0 Å². The van der Waals surface area contributed by atoms with E-state index in [2.05, 4.69) is 46.6 Å². The Hall–Kier alpha value is -2.43.